The molecule has 0 unspecified atom stereocenters. The fraction of sp³-hybridized carbons (Fsp3) is 0.316. The number of nitrogens with zero attached hydrogens (tertiary/aromatic N) is 1. The van der Waals surface area contributed by atoms with E-state index in [0.29, 0.717) is 11.5 Å². The predicted octanol–water partition coefficient (Wildman–Crippen LogP) is 3.35. The highest BCUT2D eigenvalue weighted by atomic mass is 16.2. The van der Waals surface area contributed by atoms with Crippen molar-refractivity contribution >= 4 is 17.5 Å². The molecule has 1 aliphatic rings. The van der Waals surface area contributed by atoms with Gasteiger partial charge in [-0.05, 0) is 42.5 Å². The lowest BCUT2D eigenvalue weighted by Crippen LogP contribution is -2.26. The van der Waals surface area contributed by atoms with Gasteiger partial charge in [0.15, 0.2) is 0 Å². The van der Waals surface area contributed by atoms with Gasteiger partial charge in [0.1, 0.15) is 5.69 Å². The fourth-order valence-corrected chi connectivity index (χ4v) is 2.49. The summed E-state index contributed by atoms with van der Waals surface area (Å²) in [6.45, 7) is 4.16. The summed E-state index contributed by atoms with van der Waals surface area (Å²) in [5, 5.41) is 5.81. The minimum atomic E-state index is -0.244. The minimum Gasteiger partial charge on any atom is -0.348 e. The van der Waals surface area contributed by atoms with Crippen molar-refractivity contribution in [2.24, 2.45) is 0 Å². The van der Waals surface area contributed by atoms with E-state index in [-0.39, 0.29) is 23.6 Å². The number of carbonyl (C=O) groups excluding carboxylic acids is 2. The Hall–Kier alpha value is -2.69. The predicted molar refractivity (Wildman–Crippen MR) is 93.2 cm³/mol. The van der Waals surface area contributed by atoms with Crippen LogP contribution >= 0.6 is 0 Å². The van der Waals surface area contributed by atoms with Crippen LogP contribution in [-0.2, 0) is 0 Å². The third-order valence-electron chi connectivity index (χ3n) is 4.00. The van der Waals surface area contributed by atoms with Crippen LogP contribution in [0.3, 0.4) is 0 Å². The molecule has 24 heavy (non-hydrogen) atoms. The highest BCUT2D eigenvalue weighted by Crippen LogP contribution is 2.24. The van der Waals surface area contributed by atoms with Gasteiger partial charge in [-0.1, -0.05) is 32.0 Å². The Labute approximate surface area is 141 Å². The average Bonchev–Trinajstić information content (AvgIpc) is 3.39. The lowest BCUT2D eigenvalue weighted by Gasteiger charge is -2.13. The highest BCUT2D eigenvalue weighted by Gasteiger charge is 2.24. The van der Waals surface area contributed by atoms with Crippen molar-refractivity contribution in [1.82, 2.24) is 10.3 Å². The molecule has 0 spiro atoms. The van der Waals surface area contributed by atoms with Crippen molar-refractivity contribution in [3.63, 3.8) is 0 Å². The number of hydrogen-bond donors (Lipinski definition) is 2. The molecule has 5 nitrogen and oxygen atoms in total. The van der Waals surface area contributed by atoms with Crippen molar-refractivity contribution in [2.75, 3.05) is 5.32 Å². The van der Waals surface area contributed by atoms with Crippen molar-refractivity contribution < 1.29 is 9.59 Å². The van der Waals surface area contributed by atoms with Crippen LogP contribution in [0.1, 0.15) is 59.0 Å². The number of rotatable bonds is 5. The summed E-state index contributed by atoms with van der Waals surface area (Å²) >= 11 is 0. The van der Waals surface area contributed by atoms with Gasteiger partial charge in [-0.25, -0.2) is 0 Å². The molecule has 2 N–H and O–H groups in total. The van der Waals surface area contributed by atoms with Gasteiger partial charge in [-0.3, -0.25) is 14.6 Å². The van der Waals surface area contributed by atoms with Crippen LogP contribution in [0, 0.1) is 0 Å². The molecular weight excluding hydrogens is 302 g/mol. The first-order valence-electron chi connectivity index (χ1n) is 8.22. The molecule has 0 atom stereocenters. The van der Waals surface area contributed by atoms with Gasteiger partial charge in [0, 0.05) is 23.5 Å². The van der Waals surface area contributed by atoms with E-state index in [4.69, 9.17) is 0 Å². The smallest absolute Gasteiger partial charge is 0.270 e. The lowest BCUT2D eigenvalue weighted by atomic mass is 10.0. The third kappa shape index (κ3) is 3.79. The minimum absolute atomic E-state index is 0.227. The molecule has 1 aromatic heterocycles. The van der Waals surface area contributed by atoms with E-state index >= 15 is 0 Å². The van der Waals surface area contributed by atoms with Crippen molar-refractivity contribution in [3.05, 3.63) is 59.4 Å². The van der Waals surface area contributed by atoms with E-state index in [1.165, 1.54) is 12.3 Å². The Morgan fingerprint density at radius 2 is 1.88 bits per heavy atom. The van der Waals surface area contributed by atoms with E-state index < -0.39 is 0 Å². The van der Waals surface area contributed by atoms with Gasteiger partial charge in [0.2, 0.25) is 0 Å². The monoisotopic (exact) mass is 323 g/mol. The number of pyridine rings is 1. The first-order valence-corrected chi connectivity index (χ1v) is 8.22. The lowest BCUT2D eigenvalue weighted by molar-refractivity contribution is 0.0946. The van der Waals surface area contributed by atoms with Crippen molar-refractivity contribution in [3.8, 4) is 0 Å². The molecule has 1 fully saturated rings. The molecule has 5 heteroatoms. The van der Waals surface area contributed by atoms with Gasteiger partial charge >= 0.3 is 0 Å². The van der Waals surface area contributed by atoms with E-state index in [0.717, 1.165) is 24.1 Å². The van der Waals surface area contributed by atoms with Crippen LogP contribution in [0.15, 0.2) is 42.6 Å². The Kier molecular flexibility index (Phi) is 4.60. The zero-order valence-corrected chi connectivity index (χ0v) is 13.9. The summed E-state index contributed by atoms with van der Waals surface area (Å²) in [4.78, 5) is 28.7. The molecule has 2 amide bonds. The fourth-order valence-electron chi connectivity index (χ4n) is 2.49. The summed E-state index contributed by atoms with van der Waals surface area (Å²) in [6, 6.07) is 11.1. The molecule has 1 saturated carbocycles. The summed E-state index contributed by atoms with van der Waals surface area (Å²) < 4.78 is 0. The number of anilines is 1. The first-order chi connectivity index (χ1) is 11.5. The van der Waals surface area contributed by atoms with E-state index in [2.05, 4.69) is 29.5 Å². The van der Waals surface area contributed by atoms with Crippen molar-refractivity contribution in [2.45, 2.75) is 38.6 Å². The summed E-state index contributed by atoms with van der Waals surface area (Å²) in [5.41, 5.74) is 2.56. The number of para-hydroxylation sites is 1. The summed E-state index contributed by atoms with van der Waals surface area (Å²) in [5.74, 6) is -0.167. The molecule has 0 saturated heterocycles. The van der Waals surface area contributed by atoms with Gasteiger partial charge < -0.3 is 10.6 Å². The Balaban J connectivity index is 1.76. The second-order valence-corrected chi connectivity index (χ2v) is 6.37. The SMILES string of the molecule is CC(C)c1ccccc1NC(=O)c1ccnc(C(=O)NC2CC2)c1. The van der Waals surface area contributed by atoms with Crippen LogP contribution < -0.4 is 10.6 Å². The number of hydrogen-bond acceptors (Lipinski definition) is 3. The molecule has 0 radical (unpaired) electrons. The summed E-state index contributed by atoms with van der Waals surface area (Å²) in [6.07, 6.45) is 3.51. The topological polar surface area (TPSA) is 71.1 Å². The molecule has 1 aromatic carbocycles. The van der Waals surface area contributed by atoms with Gasteiger partial charge in [-0.2, -0.15) is 0 Å². The molecule has 0 bridgehead atoms. The maximum absolute atomic E-state index is 12.5. The Morgan fingerprint density at radius 3 is 2.58 bits per heavy atom. The average molecular weight is 323 g/mol. The molecule has 124 valence electrons. The normalized spacial score (nSPS) is 13.6. The Bertz CT molecular complexity index is 767. The largest absolute Gasteiger partial charge is 0.348 e. The first kappa shape index (κ1) is 16.2. The zero-order valence-electron chi connectivity index (χ0n) is 13.9. The molecule has 2 aromatic rings. The third-order valence-corrected chi connectivity index (χ3v) is 4.00. The van der Waals surface area contributed by atoms with E-state index in [1.807, 2.05) is 24.3 Å². The van der Waals surface area contributed by atoms with E-state index in [1.54, 1.807) is 6.07 Å². The molecule has 3 rings (SSSR count). The van der Waals surface area contributed by atoms with E-state index in [9.17, 15) is 9.59 Å². The van der Waals surface area contributed by atoms with Crippen LogP contribution in [0.4, 0.5) is 5.69 Å². The Morgan fingerprint density at radius 1 is 1.12 bits per heavy atom. The van der Waals surface area contributed by atoms with Gasteiger partial charge in [-0.15, -0.1) is 0 Å². The standard InChI is InChI=1S/C19H21N3O2/c1-12(2)15-5-3-4-6-16(15)22-18(23)13-9-10-20-17(11-13)19(24)21-14-7-8-14/h3-6,9-12,14H,7-8H2,1-2H3,(H,21,24)(H,22,23). The van der Waals surface area contributed by atoms with Crippen LogP contribution in [0.25, 0.3) is 0 Å². The molecular formula is C19H21N3O2. The number of benzene rings is 1. The van der Waals surface area contributed by atoms with Gasteiger partial charge in [0.05, 0.1) is 0 Å². The number of amides is 2. The highest BCUT2D eigenvalue weighted by molar-refractivity contribution is 6.06. The second-order valence-electron chi connectivity index (χ2n) is 6.37. The summed E-state index contributed by atoms with van der Waals surface area (Å²) in [7, 11) is 0. The van der Waals surface area contributed by atoms with Crippen LogP contribution in [0.5, 0.6) is 0 Å². The molecule has 0 aliphatic heterocycles. The second kappa shape index (κ2) is 6.83. The molecule has 1 aliphatic carbocycles. The number of carbonyl (C=O) groups is 2. The number of aromatic nitrogens is 1. The maximum atomic E-state index is 12.5. The van der Waals surface area contributed by atoms with Crippen LogP contribution in [-0.4, -0.2) is 22.8 Å². The molecule has 1 heterocycles. The number of nitrogens with one attached hydrogen (secondary N) is 2. The van der Waals surface area contributed by atoms with Gasteiger partial charge in [0.25, 0.3) is 11.8 Å². The quantitative estimate of drug-likeness (QED) is 0.886. The van der Waals surface area contributed by atoms with Crippen molar-refractivity contribution in [1.29, 1.82) is 0 Å². The van der Waals surface area contributed by atoms with Crippen LogP contribution in [0.2, 0.25) is 0 Å². The zero-order chi connectivity index (χ0) is 17.1. The maximum Gasteiger partial charge on any atom is 0.270 e.